The Morgan fingerprint density at radius 1 is 1.00 bits per heavy atom. The van der Waals surface area contributed by atoms with Gasteiger partial charge in [-0.1, -0.05) is 6.07 Å². The van der Waals surface area contributed by atoms with Crippen LogP contribution in [-0.4, -0.2) is 117 Å². The van der Waals surface area contributed by atoms with E-state index >= 15 is 4.39 Å². The molecule has 9 rings (SSSR count). The Balaban J connectivity index is 0.753. The minimum atomic E-state index is -0.794. The van der Waals surface area contributed by atoms with E-state index in [1.54, 1.807) is 23.2 Å². The van der Waals surface area contributed by atoms with Crippen molar-refractivity contribution in [3.05, 3.63) is 81.4 Å². The fraction of sp³-hybridized carbons (Fsp3) is 0.436. The molecule has 0 aliphatic carbocycles. The number of hydrogen-bond acceptors (Lipinski definition) is 14. The van der Waals surface area contributed by atoms with Crippen LogP contribution in [0.2, 0.25) is 0 Å². The summed E-state index contributed by atoms with van der Waals surface area (Å²) < 4.78 is 22.2. The lowest BCUT2D eigenvalue weighted by Gasteiger charge is -2.49. The second-order valence-electron chi connectivity index (χ2n) is 15.1. The Kier molecular flexibility index (Phi) is 9.63. The molecule has 0 radical (unpaired) electrons. The van der Waals surface area contributed by atoms with E-state index in [1.165, 1.54) is 12.1 Å². The maximum absolute atomic E-state index is 15.4. The van der Waals surface area contributed by atoms with Gasteiger partial charge < -0.3 is 30.1 Å². The number of fused-ring (bicyclic) bond motifs is 2. The zero-order valence-corrected chi connectivity index (χ0v) is 31.5. The normalized spacial score (nSPS) is 19.8. The van der Waals surface area contributed by atoms with Gasteiger partial charge in [0.05, 0.1) is 42.4 Å². The molecule has 18 heteroatoms. The average Bonchev–Trinajstić information content (AvgIpc) is 3.19. The Labute approximate surface area is 327 Å². The van der Waals surface area contributed by atoms with Gasteiger partial charge in [0.25, 0.3) is 11.5 Å². The van der Waals surface area contributed by atoms with Crippen LogP contribution >= 0.6 is 0 Å². The van der Waals surface area contributed by atoms with E-state index in [9.17, 15) is 19.2 Å². The standard InChI is InChI=1S/C39H43FN12O5/c1-23-32(19-42-38-36(23)41-7-13-57-38)50-8-6-25-17-43-39(46-30(25)22-50)45-26-3-2-24(29(40)15-26)14-34(54)49-11-9-48(10-12-49)28-20-51(21-28)27-16-35(55)52(44-18-27)31-4-5-33(53)47-37(31)56/h2-3,15-19,28,31,41H,4-14,20-22H2,1H3,(H,43,45,46)(H,47,53,56). The molecule has 3 aromatic heterocycles. The first-order chi connectivity index (χ1) is 27.7. The van der Waals surface area contributed by atoms with Crippen molar-refractivity contribution in [3.63, 3.8) is 0 Å². The highest BCUT2D eigenvalue weighted by atomic mass is 19.1. The molecule has 0 bridgehead atoms. The van der Waals surface area contributed by atoms with Crippen LogP contribution in [0.4, 0.5) is 33.1 Å². The Hall–Kier alpha value is -6.17. The first-order valence-corrected chi connectivity index (χ1v) is 19.4. The average molecular weight is 779 g/mol. The van der Waals surface area contributed by atoms with Crippen molar-refractivity contribution < 1.29 is 23.5 Å². The summed E-state index contributed by atoms with van der Waals surface area (Å²) in [7, 11) is 0. The van der Waals surface area contributed by atoms with Crippen molar-refractivity contribution in [2.45, 2.75) is 51.2 Å². The van der Waals surface area contributed by atoms with Crippen molar-refractivity contribution >= 4 is 46.4 Å². The van der Waals surface area contributed by atoms with Gasteiger partial charge in [-0.25, -0.2) is 24.0 Å². The Morgan fingerprint density at radius 2 is 1.84 bits per heavy atom. The molecular formula is C39H43FN12O5. The van der Waals surface area contributed by atoms with Crippen LogP contribution in [-0.2, 0) is 33.8 Å². The minimum Gasteiger partial charge on any atom is -0.474 e. The second kappa shape index (κ2) is 15.1. The molecule has 3 fully saturated rings. The second-order valence-corrected chi connectivity index (χ2v) is 15.1. The third-order valence-corrected chi connectivity index (χ3v) is 11.6. The SMILES string of the molecule is Cc1c(N2CCc3cnc(Nc4ccc(CC(=O)N5CCN(C6CN(c7cnn(C8CCC(=O)NC8=O)c(=O)c7)C6)CC5)c(F)c4)nc3C2)cnc2c1NCCO2. The number of imide groups is 1. The largest absolute Gasteiger partial charge is 0.474 e. The summed E-state index contributed by atoms with van der Waals surface area (Å²) in [5, 5.41) is 13.0. The topological polar surface area (TPSA) is 183 Å². The van der Waals surface area contributed by atoms with E-state index < -0.39 is 17.8 Å². The number of amides is 3. The fourth-order valence-electron chi connectivity index (χ4n) is 8.24. The van der Waals surface area contributed by atoms with Crippen LogP contribution in [0.25, 0.3) is 0 Å². The van der Waals surface area contributed by atoms with E-state index in [-0.39, 0.29) is 42.7 Å². The number of piperazine rings is 1. The van der Waals surface area contributed by atoms with Gasteiger partial charge in [0.15, 0.2) is 0 Å². The zero-order chi connectivity index (χ0) is 39.2. The number of ether oxygens (including phenoxy) is 1. The van der Waals surface area contributed by atoms with E-state index in [4.69, 9.17) is 9.72 Å². The minimum absolute atomic E-state index is 0.0372. The summed E-state index contributed by atoms with van der Waals surface area (Å²) in [4.78, 5) is 72.0. The zero-order valence-electron chi connectivity index (χ0n) is 31.5. The van der Waals surface area contributed by atoms with Gasteiger partial charge >= 0.3 is 0 Å². The summed E-state index contributed by atoms with van der Waals surface area (Å²) in [5.74, 6) is -0.457. The molecule has 3 N–H and O–H groups in total. The molecule has 3 amide bonds. The number of carbonyl (C=O) groups is 3. The summed E-state index contributed by atoms with van der Waals surface area (Å²) in [5.41, 5.74) is 6.12. The monoisotopic (exact) mass is 778 g/mol. The number of aromatic nitrogens is 5. The van der Waals surface area contributed by atoms with Crippen molar-refractivity contribution in [2.24, 2.45) is 0 Å². The van der Waals surface area contributed by atoms with Crippen LogP contribution in [0.15, 0.2) is 47.7 Å². The molecule has 8 heterocycles. The summed E-state index contributed by atoms with van der Waals surface area (Å²) in [6, 6.07) is 5.70. The van der Waals surface area contributed by atoms with Crippen LogP contribution in [0, 0.1) is 12.7 Å². The summed E-state index contributed by atoms with van der Waals surface area (Å²) >= 11 is 0. The molecule has 1 aromatic carbocycles. The number of carbonyl (C=O) groups excluding carboxylic acids is 3. The quantitative estimate of drug-likeness (QED) is 0.219. The fourth-order valence-corrected chi connectivity index (χ4v) is 8.24. The highest BCUT2D eigenvalue weighted by molar-refractivity contribution is 5.99. The molecule has 0 saturated carbocycles. The van der Waals surface area contributed by atoms with Crippen LogP contribution in [0.5, 0.6) is 5.88 Å². The lowest BCUT2D eigenvalue weighted by Crippen LogP contribution is -2.63. The van der Waals surface area contributed by atoms with Crippen molar-refractivity contribution in [2.75, 3.05) is 79.4 Å². The van der Waals surface area contributed by atoms with Gasteiger partial charge in [-0.05, 0) is 43.0 Å². The van der Waals surface area contributed by atoms with E-state index in [0.717, 1.165) is 52.4 Å². The van der Waals surface area contributed by atoms with Gasteiger partial charge in [0.1, 0.15) is 24.2 Å². The molecule has 1 unspecified atom stereocenters. The Bertz CT molecular complexity index is 2310. The van der Waals surface area contributed by atoms with E-state index in [0.29, 0.717) is 81.2 Å². The lowest BCUT2D eigenvalue weighted by molar-refractivity contribution is -0.136. The molecular weight excluding hydrogens is 736 g/mol. The highest BCUT2D eigenvalue weighted by Crippen LogP contribution is 2.36. The number of rotatable bonds is 8. The van der Waals surface area contributed by atoms with Crippen molar-refractivity contribution in [1.29, 1.82) is 0 Å². The molecule has 57 heavy (non-hydrogen) atoms. The smallest absolute Gasteiger partial charge is 0.269 e. The summed E-state index contributed by atoms with van der Waals surface area (Å²) in [6.07, 6.45) is 6.42. The van der Waals surface area contributed by atoms with Crippen LogP contribution in [0.3, 0.4) is 0 Å². The van der Waals surface area contributed by atoms with E-state index in [1.807, 2.05) is 12.4 Å². The third-order valence-electron chi connectivity index (χ3n) is 11.6. The number of benzene rings is 1. The summed E-state index contributed by atoms with van der Waals surface area (Å²) in [6.45, 7) is 8.68. The molecule has 17 nitrogen and oxygen atoms in total. The lowest BCUT2D eigenvalue weighted by atomic mass is 10.0. The molecule has 3 saturated heterocycles. The first-order valence-electron chi connectivity index (χ1n) is 19.4. The van der Waals surface area contributed by atoms with Gasteiger partial charge in [0, 0.05) is 88.3 Å². The van der Waals surface area contributed by atoms with E-state index in [2.05, 4.69) is 52.6 Å². The maximum Gasteiger partial charge on any atom is 0.269 e. The predicted molar refractivity (Wildman–Crippen MR) is 207 cm³/mol. The molecule has 296 valence electrons. The number of nitrogens with zero attached hydrogens (tertiary/aromatic N) is 9. The van der Waals surface area contributed by atoms with Crippen LogP contribution < -0.4 is 36.0 Å². The highest BCUT2D eigenvalue weighted by Gasteiger charge is 2.36. The number of anilines is 5. The number of halogens is 1. The van der Waals surface area contributed by atoms with Crippen LogP contribution in [0.1, 0.15) is 41.3 Å². The van der Waals surface area contributed by atoms with Gasteiger partial charge in [0.2, 0.25) is 23.6 Å². The maximum atomic E-state index is 15.4. The van der Waals surface area contributed by atoms with Gasteiger partial charge in [-0.15, -0.1) is 0 Å². The number of nitrogens with one attached hydrogen (secondary N) is 3. The number of hydrogen-bond donors (Lipinski definition) is 3. The van der Waals surface area contributed by atoms with Crippen molar-refractivity contribution in [1.82, 2.24) is 39.8 Å². The van der Waals surface area contributed by atoms with Gasteiger partial charge in [-0.2, -0.15) is 5.10 Å². The molecule has 1 atom stereocenters. The molecule has 5 aliphatic heterocycles. The molecule has 5 aliphatic rings. The predicted octanol–water partition coefficient (Wildman–Crippen LogP) is 1.54. The number of piperidine rings is 1. The molecule has 0 spiro atoms. The third kappa shape index (κ3) is 7.32. The molecule has 4 aromatic rings. The van der Waals surface area contributed by atoms with Gasteiger partial charge in [-0.3, -0.25) is 29.4 Å². The first kappa shape index (κ1) is 36.5. The Morgan fingerprint density at radius 3 is 2.63 bits per heavy atom. The number of pyridine rings is 1. The van der Waals surface area contributed by atoms with Crippen molar-refractivity contribution in [3.8, 4) is 5.88 Å².